The van der Waals surface area contributed by atoms with E-state index in [1.54, 1.807) is 0 Å². The Kier molecular flexibility index (Phi) is 3.50. The summed E-state index contributed by atoms with van der Waals surface area (Å²) in [5, 5.41) is 0.0766. The molecule has 1 aromatic carbocycles. The first-order valence-electron chi connectivity index (χ1n) is 5.98. The Labute approximate surface area is 117 Å². The van der Waals surface area contributed by atoms with Gasteiger partial charge < -0.3 is 9.31 Å². The van der Waals surface area contributed by atoms with Crippen LogP contribution in [-0.2, 0) is 9.31 Å². The van der Waals surface area contributed by atoms with E-state index in [-0.39, 0.29) is 16.0 Å². The quantitative estimate of drug-likeness (QED) is 0.618. The van der Waals surface area contributed by atoms with Crippen molar-refractivity contribution in [3.8, 4) is 0 Å². The van der Waals surface area contributed by atoms with Crippen LogP contribution in [0.2, 0.25) is 5.02 Å². The molecule has 2 rings (SSSR count). The number of hydrogen-bond acceptors (Lipinski definition) is 3. The minimum absolute atomic E-state index is 0.0766. The summed E-state index contributed by atoms with van der Waals surface area (Å²) >= 11 is 5.77. The average Bonchev–Trinajstić information content (AvgIpc) is 2.48. The molecule has 0 atom stereocenters. The van der Waals surface area contributed by atoms with E-state index in [1.807, 2.05) is 27.7 Å². The van der Waals surface area contributed by atoms with E-state index >= 15 is 0 Å². The Balaban J connectivity index is 2.43. The van der Waals surface area contributed by atoms with Gasteiger partial charge in [-0.1, -0.05) is 17.7 Å². The highest BCUT2D eigenvalue weighted by Crippen LogP contribution is 2.36. The van der Waals surface area contributed by atoms with Crippen molar-refractivity contribution in [3.05, 3.63) is 28.5 Å². The summed E-state index contributed by atoms with van der Waals surface area (Å²) in [6.45, 7) is 7.51. The second-order valence-corrected chi connectivity index (χ2v) is 5.98. The van der Waals surface area contributed by atoms with Gasteiger partial charge in [-0.2, -0.15) is 0 Å². The van der Waals surface area contributed by atoms with Gasteiger partial charge in [-0.05, 0) is 33.8 Å². The van der Waals surface area contributed by atoms with E-state index < -0.39 is 24.1 Å². The summed E-state index contributed by atoms with van der Waals surface area (Å²) in [7, 11) is -0.846. The van der Waals surface area contributed by atoms with Crippen LogP contribution in [0.3, 0.4) is 0 Å². The smallest absolute Gasteiger partial charge is 0.399 e. The van der Waals surface area contributed by atoms with Crippen LogP contribution in [0.5, 0.6) is 0 Å². The fourth-order valence-corrected chi connectivity index (χ4v) is 2.04. The first kappa shape index (κ1) is 14.5. The molecule has 1 aliphatic rings. The van der Waals surface area contributed by atoms with Crippen molar-refractivity contribution in [3.63, 3.8) is 0 Å². The van der Waals surface area contributed by atoms with Crippen molar-refractivity contribution in [1.29, 1.82) is 0 Å². The maximum absolute atomic E-state index is 14.2. The van der Waals surface area contributed by atoms with Gasteiger partial charge in [0.2, 0.25) is 0 Å². The first-order valence-corrected chi connectivity index (χ1v) is 6.36. The molecular formula is C13H15BClFO3. The van der Waals surface area contributed by atoms with Gasteiger partial charge in [-0.15, -0.1) is 0 Å². The molecule has 1 fully saturated rings. The van der Waals surface area contributed by atoms with Gasteiger partial charge in [0, 0.05) is 5.46 Å². The lowest BCUT2D eigenvalue weighted by molar-refractivity contribution is 0.00578. The van der Waals surface area contributed by atoms with E-state index in [9.17, 15) is 9.18 Å². The molecule has 0 bridgehead atoms. The summed E-state index contributed by atoms with van der Waals surface area (Å²) in [6.07, 6.45) is 0.395. The van der Waals surface area contributed by atoms with Crippen LogP contribution in [0.25, 0.3) is 0 Å². The molecule has 1 aromatic rings. The SMILES string of the molecule is CC1(C)OB(c2ccc(Cl)c(C=O)c2F)OC1(C)C. The number of rotatable bonds is 2. The van der Waals surface area contributed by atoms with Crippen molar-refractivity contribution >= 4 is 30.5 Å². The monoisotopic (exact) mass is 284 g/mol. The maximum Gasteiger partial charge on any atom is 0.497 e. The Morgan fingerprint density at radius 1 is 1.21 bits per heavy atom. The average molecular weight is 285 g/mol. The molecule has 6 heteroatoms. The number of benzene rings is 1. The zero-order valence-corrected chi connectivity index (χ0v) is 12.0. The molecule has 102 valence electrons. The number of aldehydes is 1. The van der Waals surface area contributed by atoms with E-state index in [1.165, 1.54) is 12.1 Å². The van der Waals surface area contributed by atoms with Crippen LogP contribution in [-0.4, -0.2) is 24.6 Å². The molecule has 0 unspecified atom stereocenters. The van der Waals surface area contributed by atoms with Crippen molar-refractivity contribution < 1.29 is 18.5 Å². The Morgan fingerprint density at radius 2 is 1.74 bits per heavy atom. The van der Waals surface area contributed by atoms with E-state index in [0.29, 0.717) is 6.29 Å². The van der Waals surface area contributed by atoms with Crippen LogP contribution in [0.4, 0.5) is 4.39 Å². The normalized spacial score (nSPS) is 20.6. The van der Waals surface area contributed by atoms with Crippen molar-refractivity contribution in [2.45, 2.75) is 38.9 Å². The third-order valence-electron chi connectivity index (χ3n) is 3.78. The van der Waals surface area contributed by atoms with Crippen LogP contribution < -0.4 is 5.46 Å². The minimum atomic E-state index is -0.846. The molecule has 3 nitrogen and oxygen atoms in total. The van der Waals surface area contributed by atoms with E-state index in [0.717, 1.165) is 0 Å². The third kappa shape index (κ3) is 2.31. The Bertz CT molecular complexity index is 515. The number of carbonyl (C=O) groups is 1. The topological polar surface area (TPSA) is 35.5 Å². The molecule has 0 aliphatic carbocycles. The molecular weight excluding hydrogens is 269 g/mol. The zero-order chi connectivity index (χ0) is 14.4. The Morgan fingerprint density at radius 3 is 2.21 bits per heavy atom. The van der Waals surface area contributed by atoms with Gasteiger partial charge in [-0.3, -0.25) is 4.79 Å². The molecule has 1 aliphatic heterocycles. The Hall–Kier alpha value is -0.905. The molecule has 0 saturated carbocycles. The van der Waals surface area contributed by atoms with Gasteiger partial charge in [-0.25, -0.2) is 4.39 Å². The van der Waals surface area contributed by atoms with Gasteiger partial charge in [0.05, 0.1) is 21.8 Å². The fraction of sp³-hybridized carbons (Fsp3) is 0.462. The predicted molar refractivity (Wildman–Crippen MR) is 72.5 cm³/mol. The molecule has 19 heavy (non-hydrogen) atoms. The van der Waals surface area contributed by atoms with Gasteiger partial charge in [0.1, 0.15) is 5.82 Å². The second-order valence-electron chi connectivity index (χ2n) is 5.57. The standard InChI is InChI=1S/C13H15BClFO3/c1-12(2)13(3,4)19-14(18-12)9-5-6-10(15)8(7-17)11(9)16/h5-7H,1-4H3. The number of halogens is 2. The highest BCUT2D eigenvalue weighted by molar-refractivity contribution is 6.62. The summed E-state index contributed by atoms with van der Waals surface area (Å²) in [5.41, 5.74) is -1.12. The maximum atomic E-state index is 14.2. The molecule has 0 radical (unpaired) electrons. The fourth-order valence-electron chi connectivity index (χ4n) is 1.85. The molecule has 0 spiro atoms. The molecule has 1 heterocycles. The number of hydrogen-bond donors (Lipinski definition) is 0. The van der Waals surface area contributed by atoms with Crippen LogP contribution in [0.15, 0.2) is 12.1 Å². The van der Waals surface area contributed by atoms with Crippen LogP contribution >= 0.6 is 11.6 Å². The zero-order valence-electron chi connectivity index (χ0n) is 11.3. The lowest BCUT2D eigenvalue weighted by atomic mass is 9.78. The minimum Gasteiger partial charge on any atom is -0.399 e. The molecule has 0 amide bonds. The first-order chi connectivity index (χ1) is 8.69. The van der Waals surface area contributed by atoms with Gasteiger partial charge >= 0.3 is 7.12 Å². The van der Waals surface area contributed by atoms with Crippen molar-refractivity contribution in [1.82, 2.24) is 0 Å². The van der Waals surface area contributed by atoms with Crippen LogP contribution in [0, 0.1) is 5.82 Å². The summed E-state index contributed by atoms with van der Waals surface area (Å²) in [5.74, 6) is -0.694. The second kappa shape index (κ2) is 4.58. The highest BCUT2D eigenvalue weighted by Gasteiger charge is 2.52. The highest BCUT2D eigenvalue weighted by atomic mass is 35.5. The summed E-state index contributed by atoms with van der Waals surface area (Å²) in [4.78, 5) is 10.9. The van der Waals surface area contributed by atoms with Crippen LogP contribution in [0.1, 0.15) is 38.1 Å². The third-order valence-corrected chi connectivity index (χ3v) is 4.11. The van der Waals surface area contributed by atoms with Crippen molar-refractivity contribution in [2.24, 2.45) is 0 Å². The lowest BCUT2D eigenvalue weighted by Gasteiger charge is -2.32. The van der Waals surface area contributed by atoms with E-state index in [2.05, 4.69) is 0 Å². The molecule has 0 aromatic heterocycles. The van der Waals surface area contributed by atoms with Gasteiger partial charge in [0.15, 0.2) is 6.29 Å². The summed E-state index contributed by atoms with van der Waals surface area (Å²) in [6, 6.07) is 2.95. The molecule has 0 N–H and O–H groups in total. The summed E-state index contributed by atoms with van der Waals surface area (Å²) < 4.78 is 25.7. The van der Waals surface area contributed by atoms with Gasteiger partial charge in [0.25, 0.3) is 0 Å². The largest absolute Gasteiger partial charge is 0.497 e. The van der Waals surface area contributed by atoms with E-state index in [4.69, 9.17) is 20.9 Å². The lowest BCUT2D eigenvalue weighted by Crippen LogP contribution is -2.41. The number of carbonyl (C=O) groups excluding carboxylic acids is 1. The predicted octanol–water partition coefficient (Wildman–Crippen LogP) is 2.59. The van der Waals surface area contributed by atoms with Crippen molar-refractivity contribution in [2.75, 3.05) is 0 Å². The molecule has 1 saturated heterocycles.